The first-order valence-corrected chi connectivity index (χ1v) is 10.6. The maximum atomic E-state index is 12.8. The van der Waals surface area contributed by atoms with E-state index in [9.17, 15) is 4.79 Å². The lowest BCUT2D eigenvalue weighted by molar-refractivity contribution is 0.103. The van der Waals surface area contributed by atoms with E-state index in [1.165, 1.54) is 33.8 Å². The third kappa shape index (κ3) is 3.74. The Labute approximate surface area is 171 Å². The second-order valence-corrected chi connectivity index (χ2v) is 8.45. The fraction of sp³-hybridized carbons (Fsp3) is 0.136. The van der Waals surface area contributed by atoms with Crippen LogP contribution in [0.2, 0.25) is 0 Å². The van der Waals surface area contributed by atoms with Gasteiger partial charge in [-0.3, -0.25) is 10.1 Å². The molecule has 4 nitrogen and oxygen atoms in total. The molecule has 0 aliphatic heterocycles. The van der Waals surface area contributed by atoms with Crippen LogP contribution in [-0.4, -0.2) is 15.9 Å². The summed E-state index contributed by atoms with van der Waals surface area (Å²) in [7, 11) is 0. The van der Waals surface area contributed by atoms with Crippen LogP contribution in [0.1, 0.15) is 26.5 Å². The summed E-state index contributed by atoms with van der Waals surface area (Å²) in [6, 6.07) is 16.2. The molecule has 0 spiro atoms. The third-order valence-corrected chi connectivity index (χ3v) is 6.51. The van der Waals surface area contributed by atoms with Gasteiger partial charge in [-0.05, 0) is 38.0 Å². The number of hydrogen-bond donors (Lipinski definition) is 1. The molecular formula is C22H19N3OS2. The number of amides is 1. The van der Waals surface area contributed by atoms with E-state index in [1.807, 2.05) is 42.6 Å². The van der Waals surface area contributed by atoms with Gasteiger partial charge in [0.1, 0.15) is 9.88 Å². The number of carbonyl (C=O) groups is 1. The molecule has 2 aromatic carbocycles. The Morgan fingerprint density at radius 1 is 0.929 bits per heavy atom. The predicted molar refractivity (Wildman–Crippen MR) is 117 cm³/mol. The van der Waals surface area contributed by atoms with Crippen LogP contribution in [-0.2, 0) is 0 Å². The van der Waals surface area contributed by atoms with Gasteiger partial charge in [-0.25, -0.2) is 9.97 Å². The third-order valence-electron chi connectivity index (χ3n) is 4.55. The number of benzene rings is 2. The van der Waals surface area contributed by atoms with Gasteiger partial charge in [-0.15, -0.1) is 22.7 Å². The lowest BCUT2D eigenvalue weighted by Gasteiger charge is -2.02. The number of rotatable bonds is 4. The van der Waals surface area contributed by atoms with Crippen LogP contribution in [0.15, 0.2) is 53.9 Å². The van der Waals surface area contributed by atoms with Crippen molar-refractivity contribution in [1.82, 2.24) is 9.97 Å². The SMILES string of the molecule is Cc1ccc(-c2csc(NC(=O)c3sc(-c4ccccc4)nc3C)n2)cc1C. The van der Waals surface area contributed by atoms with Gasteiger partial charge in [0.2, 0.25) is 0 Å². The van der Waals surface area contributed by atoms with Crippen LogP contribution in [0.25, 0.3) is 21.8 Å². The molecule has 1 N–H and O–H groups in total. The number of thiazole rings is 2. The smallest absolute Gasteiger partial charge is 0.269 e. The van der Waals surface area contributed by atoms with E-state index in [-0.39, 0.29) is 5.91 Å². The van der Waals surface area contributed by atoms with E-state index in [1.54, 1.807) is 0 Å². The van der Waals surface area contributed by atoms with E-state index in [0.717, 1.165) is 27.5 Å². The molecular weight excluding hydrogens is 386 g/mol. The summed E-state index contributed by atoms with van der Waals surface area (Å²) < 4.78 is 0. The minimum Gasteiger partial charge on any atom is -0.297 e. The molecule has 4 aromatic rings. The Morgan fingerprint density at radius 3 is 2.46 bits per heavy atom. The van der Waals surface area contributed by atoms with Crippen molar-refractivity contribution in [3.05, 3.63) is 75.6 Å². The van der Waals surface area contributed by atoms with Crippen LogP contribution < -0.4 is 5.32 Å². The standard InChI is InChI=1S/C22H19N3OS2/c1-13-9-10-17(11-14(13)2)18-12-27-22(24-18)25-20(26)19-15(3)23-21(28-19)16-7-5-4-6-8-16/h4-12H,1-3H3,(H,24,25,26). The number of carbonyl (C=O) groups excluding carboxylic acids is 1. The van der Waals surface area contributed by atoms with Crippen molar-refractivity contribution in [3.63, 3.8) is 0 Å². The van der Waals surface area contributed by atoms with E-state index in [0.29, 0.717) is 10.0 Å². The Morgan fingerprint density at radius 2 is 1.71 bits per heavy atom. The normalized spacial score (nSPS) is 10.8. The van der Waals surface area contributed by atoms with Crippen molar-refractivity contribution in [2.75, 3.05) is 5.32 Å². The Kier molecular flexibility index (Phi) is 5.07. The molecule has 0 aliphatic carbocycles. The molecule has 2 heterocycles. The average molecular weight is 406 g/mol. The van der Waals surface area contributed by atoms with Crippen molar-refractivity contribution < 1.29 is 4.79 Å². The molecule has 4 rings (SSSR count). The Bertz CT molecular complexity index is 1150. The summed E-state index contributed by atoms with van der Waals surface area (Å²) in [6.07, 6.45) is 0. The van der Waals surface area contributed by atoms with Crippen LogP contribution in [0.4, 0.5) is 5.13 Å². The monoisotopic (exact) mass is 405 g/mol. The van der Waals surface area contributed by atoms with E-state index < -0.39 is 0 Å². The molecule has 0 saturated carbocycles. The highest BCUT2D eigenvalue weighted by Gasteiger charge is 2.17. The van der Waals surface area contributed by atoms with Gasteiger partial charge in [0.25, 0.3) is 5.91 Å². The number of nitrogens with zero attached hydrogens (tertiary/aromatic N) is 2. The largest absolute Gasteiger partial charge is 0.297 e. The number of hydrogen-bond acceptors (Lipinski definition) is 5. The summed E-state index contributed by atoms with van der Waals surface area (Å²) in [5.74, 6) is -0.168. The van der Waals surface area contributed by atoms with Crippen LogP contribution >= 0.6 is 22.7 Å². The summed E-state index contributed by atoms with van der Waals surface area (Å²) in [5, 5.41) is 6.32. The van der Waals surface area contributed by atoms with Crippen molar-refractivity contribution >= 4 is 33.7 Å². The second kappa shape index (κ2) is 7.66. The van der Waals surface area contributed by atoms with Crippen LogP contribution in [0.3, 0.4) is 0 Å². The molecule has 0 saturated heterocycles. The number of aryl methyl sites for hydroxylation is 3. The van der Waals surface area contributed by atoms with Gasteiger partial charge in [0.15, 0.2) is 5.13 Å². The van der Waals surface area contributed by atoms with Gasteiger partial charge in [0.05, 0.1) is 11.4 Å². The molecule has 0 aliphatic rings. The fourth-order valence-corrected chi connectivity index (χ4v) is 4.51. The van der Waals surface area contributed by atoms with Gasteiger partial charge in [-0.2, -0.15) is 0 Å². The molecule has 6 heteroatoms. The number of aromatic nitrogens is 2. The Hall–Kier alpha value is -2.83. The van der Waals surface area contributed by atoms with E-state index >= 15 is 0 Å². The van der Waals surface area contributed by atoms with Gasteiger partial charge in [0, 0.05) is 16.5 Å². The second-order valence-electron chi connectivity index (χ2n) is 6.59. The molecule has 140 valence electrons. The first-order valence-electron chi connectivity index (χ1n) is 8.88. The van der Waals surface area contributed by atoms with Crippen LogP contribution in [0, 0.1) is 20.8 Å². The van der Waals surface area contributed by atoms with E-state index in [4.69, 9.17) is 0 Å². The van der Waals surface area contributed by atoms with Gasteiger partial charge < -0.3 is 0 Å². The van der Waals surface area contributed by atoms with Gasteiger partial charge in [-0.1, -0.05) is 42.5 Å². The molecule has 0 radical (unpaired) electrons. The zero-order valence-electron chi connectivity index (χ0n) is 15.8. The maximum Gasteiger partial charge on any atom is 0.269 e. The first kappa shape index (κ1) is 18.5. The average Bonchev–Trinajstić information content (AvgIpc) is 3.31. The summed E-state index contributed by atoms with van der Waals surface area (Å²) in [5.41, 5.74) is 6.15. The van der Waals surface area contributed by atoms with Gasteiger partial charge >= 0.3 is 0 Å². The molecule has 0 unspecified atom stereocenters. The summed E-state index contributed by atoms with van der Waals surface area (Å²) in [4.78, 5) is 22.5. The molecule has 0 atom stereocenters. The van der Waals surface area contributed by atoms with Crippen molar-refractivity contribution in [1.29, 1.82) is 0 Å². The quantitative estimate of drug-likeness (QED) is 0.445. The van der Waals surface area contributed by atoms with Crippen LogP contribution in [0.5, 0.6) is 0 Å². The minimum atomic E-state index is -0.168. The highest BCUT2D eigenvalue weighted by atomic mass is 32.1. The molecule has 0 fully saturated rings. The first-order chi connectivity index (χ1) is 13.5. The lowest BCUT2D eigenvalue weighted by Crippen LogP contribution is -2.11. The molecule has 28 heavy (non-hydrogen) atoms. The fourth-order valence-electron chi connectivity index (χ4n) is 2.83. The highest BCUT2D eigenvalue weighted by molar-refractivity contribution is 7.17. The number of nitrogens with one attached hydrogen (secondary N) is 1. The predicted octanol–water partition coefficient (Wildman–Crippen LogP) is 6.11. The molecule has 0 bridgehead atoms. The lowest BCUT2D eigenvalue weighted by atomic mass is 10.1. The molecule has 2 aromatic heterocycles. The zero-order chi connectivity index (χ0) is 19.7. The topological polar surface area (TPSA) is 54.9 Å². The summed E-state index contributed by atoms with van der Waals surface area (Å²) in [6.45, 7) is 6.04. The molecule has 1 amide bonds. The highest BCUT2D eigenvalue weighted by Crippen LogP contribution is 2.30. The Balaban J connectivity index is 1.54. The van der Waals surface area contributed by atoms with E-state index in [2.05, 4.69) is 47.3 Å². The minimum absolute atomic E-state index is 0.168. The maximum absolute atomic E-state index is 12.8. The zero-order valence-corrected chi connectivity index (χ0v) is 17.4. The van der Waals surface area contributed by atoms with Crippen molar-refractivity contribution in [2.24, 2.45) is 0 Å². The van der Waals surface area contributed by atoms with Crippen molar-refractivity contribution in [3.8, 4) is 21.8 Å². The number of anilines is 1. The van der Waals surface area contributed by atoms with Crippen molar-refractivity contribution in [2.45, 2.75) is 20.8 Å². The summed E-state index contributed by atoms with van der Waals surface area (Å²) >= 11 is 2.83.